The number of hydrogen-bond donors (Lipinski definition) is 0. The summed E-state index contributed by atoms with van der Waals surface area (Å²) in [5, 5.41) is 0. The number of rotatable bonds is 1. The van der Waals surface area contributed by atoms with Gasteiger partial charge in [0.25, 0.3) is 5.82 Å². The summed E-state index contributed by atoms with van der Waals surface area (Å²) in [6.45, 7) is 0. The monoisotopic (exact) mass is 316 g/mol. The van der Waals surface area contributed by atoms with Gasteiger partial charge in [0.2, 0.25) is 0 Å². The molecule has 1 fully saturated rings. The zero-order valence-electron chi connectivity index (χ0n) is 12.9. The predicted molar refractivity (Wildman–Crippen MR) is 80.1 cm³/mol. The third-order valence-electron chi connectivity index (χ3n) is 4.26. The topological polar surface area (TPSA) is 8.81 Å². The molecule has 1 aromatic heterocycles. The van der Waals surface area contributed by atoms with Crippen molar-refractivity contribution in [1.29, 1.82) is 0 Å². The van der Waals surface area contributed by atoms with Crippen LogP contribution in [-0.2, 0) is 14.1 Å². The average Bonchev–Trinajstić information content (AvgIpc) is 2.71. The summed E-state index contributed by atoms with van der Waals surface area (Å²) < 4.78 is 43.8. The molecule has 1 aliphatic rings. The van der Waals surface area contributed by atoms with E-state index >= 15 is 0 Å². The summed E-state index contributed by atoms with van der Waals surface area (Å²) in [5.74, 6) is 2.26. The van der Waals surface area contributed by atoms with Crippen molar-refractivity contribution in [1.82, 2.24) is 4.57 Å². The fourth-order valence-electron chi connectivity index (χ4n) is 3.41. The molecular formula is C15H21BF4N2. The Morgan fingerprint density at radius 2 is 1.59 bits per heavy atom. The summed E-state index contributed by atoms with van der Waals surface area (Å²) in [5.41, 5.74) is 2.71. The molecule has 2 nitrogen and oxygen atoms in total. The lowest BCUT2D eigenvalue weighted by Crippen LogP contribution is -2.35. The highest BCUT2D eigenvalue weighted by Gasteiger charge is 2.29. The van der Waals surface area contributed by atoms with Gasteiger partial charge in [0.15, 0.2) is 11.0 Å². The van der Waals surface area contributed by atoms with Gasteiger partial charge in [-0.1, -0.05) is 31.4 Å². The SMILES string of the molecule is Cn1c(C2CCCCC2)[n+](C)c2ccccc21.F[B-](F)(F)F. The highest BCUT2D eigenvalue weighted by atomic mass is 19.5. The Kier molecular flexibility index (Phi) is 5.14. The number of imidazole rings is 1. The molecule has 0 amide bonds. The van der Waals surface area contributed by atoms with Crippen molar-refractivity contribution < 1.29 is 21.8 Å². The van der Waals surface area contributed by atoms with Crippen molar-refractivity contribution in [3.63, 3.8) is 0 Å². The number of nitrogens with zero attached hydrogens (tertiary/aromatic N) is 2. The van der Waals surface area contributed by atoms with E-state index in [1.54, 1.807) is 0 Å². The Morgan fingerprint density at radius 3 is 2.14 bits per heavy atom. The number of fused-ring (bicyclic) bond motifs is 1. The minimum atomic E-state index is -6.00. The van der Waals surface area contributed by atoms with Crippen LogP contribution in [0.1, 0.15) is 43.8 Å². The number of aryl methyl sites for hydroxylation is 2. The van der Waals surface area contributed by atoms with Crippen LogP contribution in [0, 0.1) is 0 Å². The second-order valence-corrected chi connectivity index (χ2v) is 5.79. The first-order chi connectivity index (χ1) is 10.3. The van der Waals surface area contributed by atoms with Crippen LogP contribution in [-0.4, -0.2) is 11.8 Å². The number of para-hydroxylation sites is 2. The maximum absolute atomic E-state index is 9.75. The Labute approximate surface area is 127 Å². The fourth-order valence-corrected chi connectivity index (χ4v) is 3.41. The number of aromatic nitrogens is 2. The van der Waals surface area contributed by atoms with Crippen molar-refractivity contribution in [2.75, 3.05) is 0 Å². The first kappa shape index (κ1) is 16.8. The fraction of sp³-hybridized carbons (Fsp3) is 0.533. The number of hydrogen-bond acceptors (Lipinski definition) is 0. The van der Waals surface area contributed by atoms with E-state index in [1.807, 2.05) is 0 Å². The van der Waals surface area contributed by atoms with Crippen molar-refractivity contribution >= 4 is 18.3 Å². The summed E-state index contributed by atoms with van der Waals surface area (Å²) >= 11 is 0. The Morgan fingerprint density at radius 1 is 1.05 bits per heavy atom. The van der Waals surface area contributed by atoms with E-state index in [0.717, 1.165) is 5.92 Å². The van der Waals surface area contributed by atoms with E-state index in [0.29, 0.717) is 0 Å². The summed E-state index contributed by atoms with van der Waals surface area (Å²) in [7, 11) is -1.57. The molecule has 22 heavy (non-hydrogen) atoms. The third-order valence-corrected chi connectivity index (χ3v) is 4.26. The summed E-state index contributed by atoms with van der Waals surface area (Å²) in [6, 6.07) is 8.71. The van der Waals surface area contributed by atoms with E-state index in [2.05, 4.69) is 47.5 Å². The first-order valence-corrected chi connectivity index (χ1v) is 7.59. The second-order valence-electron chi connectivity index (χ2n) is 5.79. The Bertz CT molecular complexity index is 585. The molecule has 0 spiro atoms. The van der Waals surface area contributed by atoms with Crippen molar-refractivity contribution in [2.45, 2.75) is 38.0 Å². The van der Waals surface area contributed by atoms with Crippen LogP contribution in [0.2, 0.25) is 0 Å². The summed E-state index contributed by atoms with van der Waals surface area (Å²) in [4.78, 5) is 0. The van der Waals surface area contributed by atoms with Crippen LogP contribution in [0.3, 0.4) is 0 Å². The van der Waals surface area contributed by atoms with Gasteiger partial charge in [0.1, 0.15) is 0 Å². The van der Waals surface area contributed by atoms with Gasteiger partial charge in [-0.05, 0) is 25.0 Å². The minimum absolute atomic E-state index is 0.756. The Hall–Kier alpha value is -1.53. The van der Waals surface area contributed by atoms with Crippen LogP contribution >= 0.6 is 0 Å². The molecule has 1 heterocycles. The largest absolute Gasteiger partial charge is 0.673 e. The van der Waals surface area contributed by atoms with Gasteiger partial charge in [-0.3, -0.25) is 0 Å². The van der Waals surface area contributed by atoms with E-state index in [1.165, 1.54) is 49.0 Å². The van der Waals surface area contributed by atoms with Crippen molar-refractivity contribution in [3.05, 3.63) is 30.1 Å². The Balaban J connectivity index is 0.000000309. The van der Waals surface area contributed by atoms with Gasteiger partial charge in [-0.25, -0.2) is 9.13 Å². The number of benzene rings is 1. The van der Waals surface area contributed by atoms with Gasteiger partial charge >= 0.3 is 7.25 Å². The maximum atomic E-state index is 9.75. The number of halogens is 4. The molecule has 2 aromatic rings. The standard InChI is InChI=1S/C15H21N2.BF4/c1-16-13-10-6-7-11-14(13)17(2)15(16)12-8-4-3-5-9-12;2-1(3,4)5/h6-7,10-12H,3-5,8-9H2,1-2H3;/q+1;-1. The molecule has 0 bridgehead atoms. The minimum Gasteiger partial charge on any atom is -0.418 e. The third kappa shape index (κ3) is 4.02. The highest BCUT2D eigenvalue weighted by Crippen LogP contribution is 2.32. The van der Waals surface area contributed by atoms with E-state index in [4.69, 9.17) is 0 Å². The molecule has 0 atom stereocenters. The zero-order valence-corrected chi connectivity index (χ0v) is 12.9. The molecule has 0 saturated heterocycles. The van der Waals surface area contributed by atoms with E-state index in [9.17, 15) is 17.3 Å². The zero-order chi connectivity index (χ0) is 16.3. The lowest BCUT2D eigenvalue weighted by Gasteiger charge is -2.18. The molecule has 1 aliphatic carbocycles. The molecule has 1 saturated carbocycles. The molecular weight excluding hydrogens is 295 g/mol. The molecule has 7 heteroatoms. The highest BCUT2D eigenvalue weighted by molar-refractivity contribution is 6.50. The lowest BCUT2D eigenvalue weighted by atomic mass is 9.88. The molecule has 3 rings (SSSR count). The molecule has 0 radical (unpaired) electrons. The second kappa shape index (κ2) is 6.71. The lowest BCUT2D eigenvalue weighted by molar-refractivity contribution is -0.655. The van der Waals surface area contributed by atoms with Crippen molar-refractivity contribution in [3.8, 4) is 0 Å². The predicted octanol–water partition coefficient (Wildman–Crippen LogP) is 4.35. The molecule has 0 N–H and O–H groups in total. The van der Waals surface area contributed by atoms with Gasteiger partial charge in [-0.15, -0.1) is 0 Å². The smallest absolute Gasteiger partial charge is 0.418 e. The van der Waals surface area contributed by atoms with E-state index in [-0.39, 0.29) is 0 Å². The van der Waals surface area contributed by atoms with Crippen molar-refractivity contribution in [2.24, 2.45) is 14.1 Å². The van der Waals surface area contributed by atoms with Crippen LogP contribution in [0.15, 0.2) is 24.3 Å². The van der Waals surface area contributed by atoms with E-state index < -0.39 is 7.25 Å². The first-order valence-electron chi connectivity index (χ1n) is 7.59. The van der Waals surface area contributed by atoms with Crippen LogP contribution in [0.4, 0.5) is 17.3 Å². The van der Waals surface area contributed by atoms with Gasteiger partial charge in [-0.2, -0.15) is 0 Å². The van der Waals surface area contributed by atoms with Gasteiger partial charge in [0.05, 0.1) is 20.0 Å². The normalized spacial score (nSPS) is 16.5. The quantitative estimate of drug-likeness (QED) is 0.420. The van der Waals surface area contributed by atoms with Crippen LogP contribution in [0.5, 0.6) is 0 Å². The molecule has 1 aromatic carbocycles. The molecule has 122 valence electrons. The van der Waals surface area contributed by atoms with Gasteiger partial charge in [0, 0.05) is 0 Å². The maximum Gasteiger partial charge on any atom is 0.673 e. The van der Waals surface area contributed by atoms with Crippen LogP contribution < -0.4 is 4.57 Å². The molecule has 0 aliphatic heterocycles. The van der Waals surface area contributed by atoms with Crippen LogP contribution in [0.25, 0.3) is 11.0 Å². The average molecular weight is 316 g/mol. The molecule has 0 unspecified atom stereocenters. The van der Waals surface area contributed by atoms with Gasteiger partial charge < -0.3 is 17.3 Å². The summed E-state index contributed by atoms with van der Waals surface area (Å²) in [6.07, 6.45) is 6.93.